The summed E-state index contributed by atoms with van der Waals surface area (Å²) in [6.07, 6.45) is 0.984. The molecular formula is C12H21NOS. The molecule has 0 bridgehead atoms. The first-order valence-electron chi connectivity index (χ1n) is 5.66. The summed E-state index contributed by atoms with van der Waals surface area (Å²) in [5, 5.41) is 3.99. The van der Waals surface area contributed by atoms with E-state index in [4.69, 9.17) is 4.42 Å². The van der Waals surface area contributed by atoms with Crippen LogP contribution in [-0.4, -0.2) is 18.3 Å². The van der Waals surface area contributed by atoms with Crippen molar-refractivity contribution in [3.8, 4) is 0 Å². The van der Waals surface area contributed by atoms with Crippen LogP contribution in [0.2, 0.25) is 0 Å². The van der Waals surface area contributed by atoms with Gasteiger partial charge in [-0.2, -0.15) is 0 Å². The van der Waals surface area contributed by atoms with E-state index in [2.05, 4.69) is 38.2 Å². The standard InChI is InChI=1S/C12H21NOS/c1-4-11-6-7-12(14-11)9-15-10(3)8-13-5-2/h6-7,10,13H,4-5,8-9H2,1-3H3. The van der Waals surface area contributed by atoms with Gasteiger partial charge in [-0.15, -0.1) is 11.8 Å². The minimum atomic E-state index is 0.639. The molecule has 0 saturated carbocycles. The van der Waals surface area contributed by atoms with Gasteiger partial charge >= 0.3 is 0 Å². The van der Waals surface area contributed by atoms with Crippen molar-refractivity contribution in [3.63, 3.8) is 0 Å². The normalized spacial score (nSPS) is 13.0. The largest absolute Gasteiger partial charge is 0.465 e. The molecule has 0 aliphatic rings. The predicted molar refractivity (Wildman–Crippen MR) is 67.4 cm³/mol. The SMILES string of the molecule is CCNCC(C)SCc1ccc(CC)o1. The molecular weight excluding hydrogens is 206 g/mol. The van der Waals surface area contributed by atoms with Gasteiger partial charge in [-0.25, -0.2) is 0 Å². The van der Waals surface area contributed by atoms with Crippen LogP contribution in [0.4, 0.5) is 0 Å². The molecule has 0 fully saturated rings. The number of furan rings is 1. The van der Waals surface area contributed by atoms with Gasteiger partial charge in [-0.3, -0.25) is 0 Å². The van der Waals surface area contributed by atoms with Crippen molar-refractivity contribution >= 4 is 11.8 Å². The van der Waals surface area contributed by atoms with Crippen LogP contribution in [-0.2, 0) is 12.2 Å². The molecule has 2 nitrogen and oxygen atoms in total. The van der Waals surface area contributed by atoms with Gasteiger partial charge in [0, 0.05) is 18.2 Å². The summed E-state index contributed by atoms with van der Waals surface area (Å²) in [5.74, 6) is 3.16. The van der Waals surface area contributed by atoms with Gasteiger partial charge < -0.3 is 9.73 Å². The zero-order valence-electron chi connectivity index (χ0n) is 9.88. The highest BCUT2D eigenvalue weighted by atomic mass is 32.2. The Labute approximate surface area is 96.8 Å². The highest BCUT2D eigenvalue weighted by Gasteiger charge is 2.05. The number of thioether (sulfide) groups is 1. The molecule has 0 aromatic carbocycles. The molecule has 1 N–H and O–H groups in total. The lowest BCUT2D eigenvalue weighted by molar-refractivity contribution is 0.485. The Hall–Kier alpha value is -0.410. The number of rotatable bonds is 7. The molecule has 1 aromatic heterocycles. The first kappa shape index (κ1) is 12.7. The molecule has 1 rings (SSSR count). The summed E-state index contributed by atoms with van der Waals surface area (Å²) in [6.45, 7) is 8.62. The molecule has 86 valence electrons. The summed E-state index contributed by atoms with van der Waals surface area (Å²) in [7, 11) is 0. The van der Waals surface area contributed by atoms with Crippen LogP contribution in [0, 0.1) is 0 Å². The number of hydrogen-bond donors (Lipinski definition) is 1. The first-order chi connectivity index (χ1) is 7.26. The maximum atomic E-state index is 5.65. The summed E-state index contributed by atoms with van der Waals surface area (Å²) in [5.41, 5.74) is 0. The fourth-order valence-corrected chi connectivity index (χ4v) is 2.16. The zero-order valence-corrected chi connectivity index (χ0v) is 10.7. The van der Waals surface area contributed by atoms with Gasteiger partial charge in [0.1, 0.15) is 11.5 Å². The molecule has 1 aromatic rings. The van der Waals surface area contributed by atoms with Crippen LogP contribution < -0.4 is 5.32 Å². The fourth-order valence-electron chi connectivity index (χ4n) is 1.32. The molecule has 0 radical (unpaired) electrons. The molecule has 1 heterocycles. The monoisotopic (exact) mass is 227 g/mol. The Morgan fingerprint density at radius 3 is 2.67 bits per heavy atom. The maximum Gasteiger partial charge on any atom is 0.114 e. The van der Waals surface area contributed by atoms with Crippen LogP contribution in [0.15, 0.2) is 16.5 Å². The van der Waals surface area contributed by atoms with E-state index in [1.165, 1.54) is 0 Å². The lowest BCUT2D eigenvalue weighted by atomic mass is 10.4. The lowest BCUT2D eigenvalue weighted by Gasteiger charge is -2.09. The third kappa shape index (κ3) is 4.76. The van der Waals surface area contributed by atoms with Crippen LogP contribution in [0.25, 0.3) is 0 Å². The first-order valence-corrected chi connectivity index (χ1v) is 6.71. The smallest absolute Gasteiger partial charge is 0.114 e. The fraction of sp³-hybridized carbons (Fsp3) is 0.667. The number of hydrogen-bond acceptors (Lipinski definition) is 3. The van der Waals surface area contributed by atoms with E-state index in [9.17, 15) is 0 Å². The minimum absolute atomic E-state index is 0.639. The summed E-state index contributed by atoms with van der Waals surface area (Å²) < 4.78 is 5.65. The van der Waals surface area contributed by atoms with Crippen molar-refractivity contribution in [3.05, 3.63) is 23.7 Å². The van der Waals surface area contributed by atoms with Gasteiger partial charge in [0.15, 0.2) is 0 Å². The second kappa shape index (κ2) is 6.96. The predicted octanol–water partition coefficient (Wildman–Crippen LogP) is 3.07. The molecule has 0 amide bonds. The lowest BCUT2D eigenvalue weighted by Crippen LogP contribution is -2.22. The average molecular weight is 227 g/mol. The van der Waals surface area contributed by atoms with Crippen molar-refractivity contribution in [2.75, 3.05) is 13.1 Å². The van der Waals surface area contributed by atoms with E-state index < -0.39 is 0 Å². The van der Waals surface area contributed by atoms with Crippen molar-refractivity contribution in [2.45, 2.75) is 38.2 Å². The van der Waals surface area contributed by atoms with Gasteiger partial charge in [0.2, 0.25) is 0 Å². The molecule has 0 saturated heterocycles. The second-order valence-corrected chi connectivity index (χ2v) is 5.08. The van der Waals surface area contributed by atoms with Gasteiger partial charge in [-0.05, 0) is 18.7 Å². The molecule has 0 aliphatic heterocycles. The average Bonchev–Trinajstić information content (AvgIpc) is 2.71. The number of aryl methyl sites for hydroxylation is 1. The highest BCUT2D eigenvalue weighted by molar-refractivity contribution is 7.99. The van der Waals surface area contributed by atoms with E-state index in [1.807, 2.05) is 11.8 Å². The third-order valence-corrected chi connectivity index (χ3v) is 3.44. The van der Waals surface area contributed by atoms with Crippen molar-refractivity contribution in [1.29, 1.82) is 0 Å². The zero-order chi connectivity index (χ0) is 11.1. The Bertz CT molecular complexity index is 272. The highest BCUT2D eigenvalue weighted by Crippen LogP contribution is 2.19. The van der Waals surface area contributed by atoms with Crippen LogP contribution in [0.3, 0.4) is 0 Å². The van der Waals surface area contributed by atoms with E-state index in [-0.39, 0.29) is 0 Å². The van der Waals surface area contributed by atoms with Crippen LogP contribution >= 0.6 is 11.8 Å². The van der Waals surface area contributed by atoms with Gasteiger partial charge in [0.05, 0.1) is 5.75 Å². The Balaban J connectivity index is 2.24. The quantitative estimate of drug-likeness (QED) is 0.775. The van der Waals surface area contributed by atoms with Crippen molar-refractivity contribution < 1.29 is 4.42 Å². The topological polar surface area (TPSA) is 25.2 Å². The molecule has 15 heavy (non-hydrogen) atoms. The minimum Gasteiger partial charge on any atom is -0.465 e. The molecule has 1 unspecified atom stereocenters. The van der Waals surface area contributed by atoms with E-state index in [0.29, 0.717) is 5.25 Å². The second-order valence-electron chi connectivity index (χ2n) is 3.65. The third-order valence-electron chi connectivity index (χ3n) is 2.26. The Morgan fingerprint density at radius 1 is 1.33 bits per heavy atom. The van der Waals surface area contributed by atoms with E-state index in [0.717, 1.165) is 36.8 Å². The molecule has 1 atom stereocenters. The van der Waals surface area contributed by atoms with Crippen LogP contribution in [0.1, 0.15) is 32.3 Å². The van der Waals surface area contributed by atoms with E-state index >= 15 is 0 Å². The molecule has 0 spiro atoms. The van der Waals surface area contributed by atoms with Crippen molar-refractivity contribution in [1.82, 2.24) is 5.32 Å². The molecule has 0 aliphatic carbocycles. The van der Waals surface area contributed by atoms with Crippen LogP contribution in [0.5, 0.6) is 0 Å². The number of nitrogens with one attached hydrogen (secondary N) is 1. The summed E-state index contributed by atoms with van der Waals surface area (Å²) in [6, 6.07) is 4.16. The van der Waals surface area contributed by atoms with Gasteiger partial charge in [-0.1, -0.05) is 20.8 Å². The van der Waals surface area contributed by atoms with Crippen molar-refractivity contribution in [2.24, 2.45) is 0 Å². The Morgan fingerprint density at radius 2 is 2.07 bits per heavy atom. The summed E-state index contributed by atoms with van der Waals surface area (Å²) in [4.78, 5) is 0. The summed E-state index contributed by atoms with van der Waals surface area (Å²) >= 11 is 1.94. The maximum absolute atomic E-state index is 5.65. The Kier molecular flexibility index (Phi) is 5.88. The van der Waals surface area contributed by atoms with Gasteiger partial charge in [0.25, 0.3) is 0 Å². The van der Waals surface area contributed by atoms with E-state index in [1.54, 1.807) is 0 Å². The molecule has 3 heteroatoms.